The maximum Gasteiger partial charge on any atom is 0.291 e. The third kappa shape index (κ3) is 4.57. The molecule has 4 nitrogen and oxygen atoms in total. The monoisotopic (exact) mass is 310 g/mol. The second kappa shape index (κ2) is 7.79. The molecule has 23 heavy (non-hydrogen) atoms. The molecule has 1 heterocycles. The van der Waals surface area contributed by atoms with Crippen LogP contribution < -0.4 is 10.6 Å². The Kier molecular flexibility index (Phi) is 5.27. The number of furan rings is 1. The molecule has 2 aromatic rings. The second-order valence-corrected chi connectivity index (χ2v) is 5.91. The van der Waals surface area contributed by atoms with Crippen LogP contribution in [-0.2, 0) is 6.54 Å². The van der Waals surface area contributed by atoms with E-state index in [0.717, 1.165) is 24.7 Å². The first-order chi connectivity index (χ1) is 11.3. The molecule has 0 saturated heterocycles. The number of nitrogens with one attached hydrogen (secondary N) is 2. The van der Waals surface area contributed by atoms with Crippen molar-refractivity contribution in [2.45, 2.75) is 25.8 Å². The van der Waals surface area contributed by atoms with Crippen LogP contribution in [0.2, 0.25) is 0 Å². The molecule has 1 aromatic carbocycles. The molecule has 1 aromatic heterocycles. The van der Waals surface area contributed by atoms with Gasteiger partial charge in [-0.15, -0.1) is 0 Å². The summed E-state index contributed by atoms with van der Waals surface area (Å²) in [6.45, 7) is 1.91. The van der Waals surface area contributed by atoms with Gasteiger partial charge in [0.1, 0.15) is 0 Å². The van der Waals surface area contributed by atoms with Crippen LogP contribution in [0.15, 0.2) is 59.2 Å². The Morgan fingerprint density at radius 2 is 2.04 bits per heavy atom. The third-order valence-corrected chi connectivity index (χ3v) is 4.10. The van der Waals surface area contributed by atoms with Gasteiger partial charge in [-0.05, 0) is 61.6 Å². The molecule has 4 heteroatoms. The van der Waals surface area contributed by atoms with Gasteiger partial charge in [0.25, 0.3) is 5.91 Å². The van der Waals surface area contributed by atoms with E-state index in [9.17, 15) is 4.79 Å². The maximum absolute atomic E-state index is 11.9. The van der Waals surface area contributed by atoms with Crippen LogP contribution in [0.25, 0.3) is 0 Å². The zero-order valence-corrected chi connectivity index (χ0v) is 13.1. The molecule has 120 valence electrons. The average molecular weight is 310 g/mol. The lowest BCUT2D eigenvalue weighted by Crippen LogP contribution is -2.23. The molecule has 1 aliphatic rings. The fourth-order valence-electron chi connectivity index (χ4n) is 2.77. The predicted octanol–water partition coefficient (Wildman–Crippen LogP) is 3.98. The van der Waals surface area contributed by atoms with E-state index in [1.54, 1.807) is 12.1 Å². The minimum atomic E-state index is -0.230. The highest BCUT2D eigenvalue weighted by atomic mass is 16.3. The van der Waals surface area contributed by atoms with E-state index in [1.165, 1.54) is 31.1 Å². The van der Waals surface area contributed by atoms with E-state index >= 15 is 0 Å². The first kappa shape index (κ1) is 15.6. The van der Waals surface area contributed by atoms with Crippen LogP contribution in [0, 0.1) is 5.92 Å². The van der Waals surface area contributed by atoms with Gasteiger partial charge in [0.05, 0.1) is 6.26 Å². The molecule has 0 saturated carbocycles. The highest BCUT2D eigenvalue weighted by Crippen LogP contribution is 2.17. The fourth-order valence-corrected chi connectivity index (χ4v) is 2.77. The summed E-state index contributed by atoms with van der Waals surface area (Å²) >= 11 is 0. The lowest BCUT2D eigenvalue weighted by Gasteiger charge is -2.18. The van der Waals surface area contributed by atoms with Gasteiger partial charge in [-0.2, -0.15) is 0 Å². The smallest absolute Gasteiger partial charge is 0.291 e. The van der Waals surface area contributed by atoms with Gasteiger partial charge in [-0.25, -0.2) is 0 Å². The van der Waals surface area contributed by atoms with Crippen LogP contribution in [0.5, 0.6) is 0 Å². The van der Waals surface area contributed by atoms with E-state index < -0.39 is 0 Å². The lowest BCUT2D eigenvalue weighted by molar-refractivity contribution is 0.0996. The van der Waals surface area contributed by atoms with Crippen LogP contribution in [0.4, 0.5) is 5.69 Å². The molecule has 0 bridgehead atoms. The van der Waals surface area contributed by atoms with Gasteiger partial charge < -0.3 is 15.1 Å². The zero-order valence-electron chi connectivity index (χ0n) is 13.1. The van der Waals surface area contributed by atoms with Gasteiger partial charge in [0, 0.05) is 12.2 Å². The summed E-state index contributed by atoms with van der Waals surface area (Å²) in [6, 6.07) is 11.2. The number of allylic oxidation sites excluding steroid dienone is 2. The molecule has 0 spiro atoms. The Hall–Kier alpha value is -2.33. The molecule has 1 unspecified atom stereocenters. The van der Waals surface area contributed by atoms with Crippen LogP contribution >= 0.6 is 0 Å². The van der Waals surface area contributed by atoms with Crippen molar-refractivity contribution in [3.05, 3.63) is 66.1 Å². The van der Waals surface area contributed by atoms with Gasteiger partial charge >= 0.3 is 0 Å². The number of carbonyl (C=O) groups is 1. The summed E-state index contributed by atoms with van der Waals surface area (Å²) in [5, 5.41) is 6.34. The van der Waals surface area contributed by atoms with E-state index in [-0.39, 0.29) is 5.91 Å². The molecule has 0 fully saturated rings. The molecule has 1 aliphatic carbocycles. The summed E-state index contributed by atoms with van der Waals surface area (Å²) in [6.07, 6.45) is 9.72. The van der Waals surface area contributed by atoms with Crippen molar-refractivity contribution in [2.75, 3.05) is 11.9 Å². The Bertz CT molecular complexity index is 645. The summed E-state index contributed by atoms with van der Waals surface area (Å²) in [7, 11) is 0. The Morgan fingerprint density at radius 1 is 1.17 bits per heavy atom. The fraction of sp³-hybridized carbons (Fsp3) is 0.316. The molecule has 0 radical (unpaired) electrons. The molecular formula is C19H22N2O2. The highest BCUT2D eigenvalue weighted by molar-refractivity contribution is 6.02. The molecule has 1 atom stereocenters. The molecule has 0 aliphatic heterocycles. The maximum atomic E-state index is 11.9. The Balaban J connectivity index is 1.45. The number of benzene rings is 1. The van der Waals surface area contributed by atoms with Gasteiger partial charge in [-0.1, -0.05) is 24.3 Å². The Labute approximate surface area is 136 Å². The average Bonchev–Trinajstić information content (AvgIpc) is 3.12. The number of carbonyl (C=O) groups excluding carboxylic acids is 1. The van der Waals surface area contributed by atoms with Crippen LogP contribution in [0.1, 0.15) is 35.4 Å². The molecule has 3 rings (SSSR count). The van der Waals surface area contributed by atoms with Crippen LogP contribution in [0.3, 0.4) is 0 Å². The normalized spacial score (nSPS) is 17.1. The highest BCUT2D eigenvalue weighted by Gasteiger charge is 2.10. The van der Waals surface area contributed by atoms with Crippen molar-refractivity contribution >= 4 is 11.6 Å². The number of rotatable bonds is 6. The summed E-state index contributed by atoms with van der Waals surface area (Å²) in [5.74, 6) is 0.843. The molecule has 1 amide bonds. The number of anilines is 1. The zero-order chi connectivity index (χ0) is 15.9. The van der Waals surface area contributed by atoms with Crippen molar-refractivity contribution in [1.29, 1.82) is 0 Å². The van der Waals surface area contributed by atoms with Crippen LogP contribution in [-0.4, -0.2) is 12.5 Å². The number of hydrogen-bond acceptors (Lipinski definition) is 3. The second-order valence-electron chi connectivity index (χ2n) is 5.91. The molecular weight excluding hydrogens is 288 g/mol. The SMILES string of the molecule is O=C(Nc1ccc(CNCC2CC=CCC2)cc1)c1ccco1. The minimum Gasteiger partial charge on any atom is -0.459 e. The molecule has 2 N–H and O–H groups in total. The van der Waals surface area contributed by atoms with Crippen molar-refractivity contribution in [2.24, 2.45) is 5.92 Å². The van der Waals surface area contributed by atoms with Crippen molar-refractivity contribution in [3.63, 3.8) is 0 Å². The quantitative estimate of drug-likeness (QED) is 0.794. The van der Waals surface area contributed by atoms with E-state index in [2.05, 4.69) is 22.8 Å². The summed E-state index contributed by atoms with van der Waals surface area (Å²) < 4.78 is 5.08. The minimum absolute atomic E-state index is 0.230. The van der Waals surface area contributed by atoms with Crippen molar-refractivity contribution in [1.82, 2.24) is 5.32 Å². The predicted molar refractivity (Wildman–Crippen MR) is 91.3 cm³/mol. The van der Waals surface area contributed by atoms with E-state index in [4.69, 9.17) is 4.42 Å². The third-order valence-electron chi connectivity index (χ3n) is 4.10. The largest absolute Gasteiger partial charge is 0.459 e. The summed E-state index contributed by atoms with van der Waals surface area (Å²) in [5.41, 5.74) is 1.99. The first-order valence-electron chi connectivity index (χ1n) is 8.11. The Morgan fingerprint density at radius 3 is 2.74 bits per heavy atom. The van der Waals surface area contributed by atoms with Crippen molar-refractivity contribution in [3.8, 4) is 0 Å². The first-order valence-corrected chi connectivity index (χ1v) is 8.11. The van der Waals surface area contributed by atoms with Gasteiger partial charge in [-0.3, -0.25) is 4.79 Å². The van der Waals surface area contributed by atoms with Gasteiger partial charge in [0.15, 0.2) is 5.76 Å². The van der Waals surface area contributed by atoms with E-state index in [0.29, 0.717) is 5.76 Å². The van der Waals surface area contributed by atoms with Gasteiger partial charge in [0.2, 0.25) is 0 Å². The lowest BCUT2D eigenvalue weighted by atomic mass is 9.94. The topological polar surface area (TPSA) is 54.3 Å². The summed E-state index contributed by atoms with van der Waals surface area (Å²) in [4.78, 5) is 11.9. The number of amides is 1. The number of hydrogen-bond donors (Lipinski definition) is 2. The van der Waals surface area contributed by atoms with Crippen molar-refractivity contribution < 1.29 is 9.21 Å². The van der Waals surface area contributed by atoms with E-state index in [1.807, 2.05) is 24.3 Å². The standard InChI is InChI=1S/C19H22N2O2/c22-19(18-7-4-12-23-18)21-17-10-8-16(9-11-17)14-20-13-15-5-2-1-3-6-15/h1-2,4,7-12,15,20H,3,5-6,13-14H2,(H,21,22).